The van der Waals surface area contributed by atoms with Gasteiger partial charge in [-0.15, -0.1) is 17.8 Å². The summed E-state index contributed by atoms with van der Waals surface area (Å²) in [4.78, 5) is 25.8. The molecule has 0 aliphatic carbocycles. The van der Waals surface area contributed by atoms with E-state index in [0.29, 0.717) is 5.01 Å². The van der Waals surface area contributed by atoms with Gasteiger partial charge in [-0.25, -0.2) is 4.98 Å². The first-order valence-corrected chi connectivity index (χ1v) is 6.42. The summed E-state index contributed by atoms with van der Waals surface area (Å²) in [6, 6.07) is 5.96. The van der Waals surface area contributed by atoms with Crippen molar-refractivity contribution in [1.29, 1.82) is 0 Å². The zero-order valence-corrected chi connectivity index (χ0v) is 11.0. The van der Waals surface area contributed by atoms with Gasteiger partial charge in [0.25, 0.3) is 11.6 Å². The van der Waals surface area contributed by atoms with Crippen molar-refractivity contribution in [2.45, 2.75) is 6.54 Å². The average molecular weight is 287 g/mol. The van der Waals surface area contributed by atoms with E-state index < -0.39 is 4.92 Å². The third-order valence-corrected chi connectivity index (χ3v) is 3.23. The van der Waals surface area contributed by atoms with Gasteiger partial charge >= 0.3 is 0 Å². The first-order chi connectivity index (χ1) is 9.60. The summed E-state index contributed by atoms with van der Waals surface area (Å²) in [6.07, 6.45) is 5.18. The van der Waals surface area contributed by atoms with Crippen LogP contribution in [0.25, 0.3) is 0 Å². The van der Waals surface area contributed by atoms with Crippen LogP contribution in [0.4, 0.5) is 5.69 Å². The molecule has 2 aromatic rings. The maximum Gasteiger partial charge on any atom is 0.271 e. The minimum absolute atomic E-state index is 0.0123. The number of non-ortho nitro benzene ring substituents is 1. The number of carbonyl (C=O) groups is 1. The van der Waals surface area contributed by atoms with Gasteiger partial charge in [0.05, 0.1) is 4.92 Å². The Hall–Kier alpha value is -2.72. The Morgan fingerprint density at radius 3 is 2.70 bits per heavy atom. The largest absolute Gasteiger partial charge is 0.347 e. The van der Waals surface area contributed by atoms with Gasteiger partial charge < -0.3 is 5.32 Å². The van der Waals surface area contributed by atoms with Crippen molar-refractivity contribution in [2.24, 2.45) is 0 Å². The van der Waals surface area contributed by atoms with Gasteiger partial charge in [-0.05, 0) is 11.5 Å². The normalized spacial score (nSPS) is 9.75. The number of aromatic nitrogens is 1. The highest BCUT2D eigenvalue weighted by Gasteiger charge is 2.10. The number of hydrogen-bond donors (Lipinski definition) is 1. The molecule has 1 amide bonds. The molecule has 0 aliphatic heterocycles. The highest BCUT2D eigenvalue weighted by molar-refractivity contribution is 7.10. The molecule has 100 valence electrons. The third-order valence-electron chi connectivity index (χ3n) is 2.46. The van der Waals surface area contributed by atoms with Gasteiger partial charge in [0.15, 0.2) is 5.01 Å². The molecule has 0 atom stereocenters. The molecule has 0 bridgehead atoms. The lowest BCUT2D eigenvalue weighted by atomic mass is 10.2. The number of nitro groups is 1. The van der Waals surface area contributed by atoms with Gasteiger partial charge in [0.1, 0.15) is 5.69 Å². The number of benzene rings is 1. The van der Waals surface area contributed by atoms with Crippen LogP contribution >= 0.6 is 11.3 Å². The molecule has 0 fully saturated rings. The fourth-order valence-corrected chi connectivity index (χ4v) is 2.05. The van der Waals surface area contributed by atoms with Crippen LogP contribution in [0.5, 0.6) is 0 Å². The number of nitro benzene ring substituents is 1. The van der Waals surface area contributed by atoms with Crippen molar-refractivity contribution in [3.05, 3.63) is 56.0 Å². The Bertz CT molecular complexity index is 686. The van der Waals surface area contributed by atoms with Crippen LogP contribution in [-0.4, -0.2) is 15.8 Å². The van der Waals surface area contributed by atoms with Gasteiger partial charge in [0.2, 0.25) is 0 Å². The summed E-state index contributed by atoms with van der Waals surface area (Å²) in [5.74, 6) is 2.02. The Labute approximate surface area is 118 Å². The monoisotopic (exact) mass is 287 g/mol. The molecule has 1 aromatic carbocycles. The molecule has 20 heavy (non-hydrogen) atoms. The molecule has 0 unspecified atom stereocenters. The molecular weight excluding hydrogens is 278 g/mol. The molecular formula is C13H9N3O3S. The summed E-state index contributed by atoms with van der Waals surface area (Å²) in [7, 11) is 0. The Kier molecular flexibility index (Phi) is 4.08. The second-order valence-corrected chi connectivity index (χ2v) is 4.65. The van der Waals surface area contributed by atoms with Crippen molar-refractivity contribution in [3.63, 3.8) is 0 Å². The predicted molar refractivity (Wildman–Crippen MR) is 74.3 cm³/mol. The molecule has 0 saturated heterocycles. The maximum atomic E-state index is 11.8. The lowest BCUT2D eigenvalue weighted by molar-refractivity contribution is -0.384. The maximum absolute atomic E-state index is 11.8. The summed E-state index contributed by atoms with van der Waals surface area (Å²) in [6.45, 7) is 0.264. The van der Waals surface area contributed by atoms with Crippen molar-refractivity contribution < 1.29 is 9.72 Å². The van der Waals surface area contributed by atoms with E-state index in [1.54, 1.807) is 17.5 Å². The number of carbonyl (C=O) groups excluding carboxylic acids is 1. The van der Waals surface area contributed by atoms with Crippen molar-refractivity contribution >= 4 is 22.9 Å². The summed E-state index contributed by atoms with van der Waals surface area (Å²) >= 11 is 1.22. The topological polar surface area (TPSA) is 85.1 Å². The van der Waals surface area contributed by atoms with E-state index in [4.69, 9.17) is 6.42 Å². The van der Waals surface area contributed by atoms with Crippen LogP contribution < -0.4 is 5.32 Å². The minimum Gasteiger partial charge on any atom is -0.347 e. The van der Waals surface area contributed by atoms with E-state index in [0.717, 1.165) is 5.56 Å². The lowest BCUT2D eigenvalue weighted by Gasteiger charge is -2.03. The zero-order valence-electron chi connectivity index (χ0n) is 10.2. The highest BCUT2D eigenvalue weighted by atomic mass is 32.1. The van der Waals surface area contributed by atoms with Crippen LogP contribution in [-0.2, 0) is 6.54 Å². The number of thiazole rings is 1. The SMILES string of the molecule is C#Cc1nc(C(=O)NCc2ccc([N+](=O)[O-])cc2)cs1. The minimum atomic E-state index is -0.473. The van der Waals surface area contributed by atoms with E-state index in [-0.39, 0.29) is 23.8 Å². The molecule has 1 aromatic heterocycles. The fraction of sp³-hybridized carbons (Fsp3) is 0.0769. The fourth-order valence-electron chi connectivity index (χ4n) is 1.45. The molecule has 6 nitrogen and oxygen atoms in total. The van der Waals surface area contributed by atoms with Crippen molar-refractivity contribution in [1.82, 2.24) is 10.3 Å². The average Bonchev–Trinajstić information content (AvgIpc) is 2.94. The van der Waals surface area contributed by atoms with Gasteiger partial charge in [-0.2, -0.15) is 0 Å². The van der Waals surface area contributed by atoms with E-state index >= 15 is 0 Å². The van der Waals surface area contributed by atoms with Gasteiger partial charge in [-0.3, -0.25) is 14.9 Å². The first-order valence-electron chi connectivity index (χ1n) is 5.54. The predicted octanol–water partition coefficient (Wildman–Crippen LogP) is 1.96. The molecule has 0 spiro atoms. The molecule has 7 heteroatoms. The third kappa shape index (κ3) is 3.18. The Morgan fingerprint density at radius 1 is 1.45 bits per heavy atom. The lowest BCUT2D eigenvalue weighted by Crippen LogP contribution is -2.23. The van der Waals surface area contributed by atoms with Crippen molar-refractivity contribution in [3.8, 4) is 12.3 Å². The molecule has 0 radical (unpaired) electrons. The van der Waals surface area contributed by atoms with Crippen LogP contribution in [0.15, 0.2) is 29.6 Å². The van der Waals surface area contributed by atoms with Crippen LogP contribution in [0, 0.1) is 22.5 Å². The molecule has 0 saturated carbocycles. The van der Waals surface area contributed by atoms with E-state index in [9.17, 15) is 14.9 Å². The number of rotatable bonds is 4. The number of hydrogen-bond acceptors (Lipinski definition) is 5. The van der Waals surface area contributed by atoms with E-state index in [1.807, 2.05) is 0 Å². The highest BCUT2D eigenvalue weighted by Crippen LogP contribution is 2.12. The van der Waals surface area contributed by atoms with Crippen LogP contribution in [0.2, 0.25) is 0 Å². The standard InChI is InChI=1S/C13H9N3O3S/c1-2-12-15-11(8-20-12)13(17)14-7-9-3-5-10(6-4-9)16(18)19/h1,3-6,8H,7H2,(H,14,17). The summed E-state index contributed by atoms with van der Waals surface area (Å²) in [5.41, 5.74) is 1.04. The number of nitrogens with zero attached hydrogens (tertiary/aromatic N) is 2. The number of nitrogens with one attached hydrogen (secondary N) is 1. The van der Waals surface area contributed by atoms with E-state index in [1.165, 1.54) is 23.5 Å². The summed E-state index contributed by atoms with van der Waals surface area (Å²) < 4.78 is 0. The Morgan fingerprint density at radius 2 is 2.15 bits per heavy atom. The second-order valence-electron chi connectivity index (χ2n) is 3.79. The first kappa shape index (κ1) is 13.7. The molecule has 1 heterocycles. The number of terminal acetylenes is 1. The molecule has 1 N–H and O–H groups in total. The van der Waals surface area contributed by atoms with Gasteiger partial charge in [-0.1, -0.05) is 12.1 Å². The number of amides is 1. The van der Waals surface area contributed by atoms with Crippen molar-refractivity contribution in [2.75, 3.05) is 0 Å². The van der Waals surface area contributed by atoms with Gasteiger partial charge in [0, 0.05) is 24.1 Å². The van der Waals surface area contributed by atoms with Crippen LogP contribution in [0.1, 0.15) is 21.1 Å². The molecule has 2 rings (SSSR count). The zero-order chi connectivity index (χ0) is 14.5. The smallest absolute Gasteiger partial charge is 0.271 e. The summed E-state index contributed by atoms with van der Waals surface area (Å²) in [5, 5.41) is 15.2. The molecule has 0 aliphatic rings. The Balaban J connectivity index is 1.96. The quantitative estimate of drug-likeness (QED) is 0.529. The second kappa shape index (κ2) is 5.95. The van der Waals surface area contributed by atoms with E-state index in [2.05, 4.69) is 16.2 Å². The van der Waals surface area contributed by atoms with Crippen LogP contribution in [0.3, 0.4) is 0 Å².